The van der Waals surface area contributed by atoms with Crippen LogP contribution >= 0.6 is 0 Å². The number of ketones is 1. The number of aromatic nitrogens is 1. The first kappa shape index (κ1) is 15.0. The maximum absolute atomic E-state index is 13.0. The Morgan fingerprint density at radius 2 is 1.64 bits per heavy atom. The van der Waals surface area contributed by atoms with Crippen molar-refractivity contribution in [1.82, 2.24) is 4.98 Å². The minimum Gasteiger partial charge on any atom is -0.455 e. The fourth-order valence-corrected chi connectivity index (χ4v) is 2.78. The van der Waals surface area contributed by atoms with Crippen LogP contribution in [0.1, 0.15) is 15.9 Å². The molecule has 2 heterocycles. The van der Waals surface area contributed by atoms with E-state index in [9.17, 15) is 9.59 Å². The summed E-state index contributed by atoms with van der Waals surface area (Å²) in [5.74, 6) is -0.121. The van der Waals surface area contributed by atoms with Crippen molar-refractivity contribution in [2.75, 3.05) is 0 Å². The maximum Gasteiger partial charge on any atom is 0.204 e. The zero-order valence-electron chi connectivity index (χ0n) is 13.2. The number of carbonyl (C=O) groups is 1. The largest absolute Gasteiger partial charge is 0.455 e. The predicted molar refractivity (Wildman–Crippen MR) is 95.6 cm³/mol. The van der Waals surface area contributed by atoms with Crippen molar-refractivity contribution in [3.8, 4) is 11.3 Å². The standard InChI is InChI=1S/C21H13NO3/c23-19(15-9-6-12-22-13-15)18-20(24)16-10-4-5-11-17(16)25-21(18)14-7-2-1-3-8-14/h1-13H. The van der Waals surface area contributed by atoms with E-state index in [1.807, 2.05) is 30.3 Å². The molecule has 0 bridgehead atoms. The van der Waals surface area contributed by atoms with E-state index in [1.165, 1.54) is 6.20 Å². The number of para-hydroxylation sites is 1. The lowest BCUT2D eigenvalue weighted by Crippen LogP contribution is -2.18. The Bertz CT molecular complexity index is 1120. The van der Waals surface area contributed by atoms with Gasteiger partial charge in [-0.25, -0.2) is 0 Å². The second-order valence-electron chi connectivity index (χ2n) is 5.57. The van der Waals surface area contributed by atoms with Gasteiger partial charge in [0.15, 0.2) is 0 Å². The minimum absolute atomic E-state index is 0.0258. The average molecular weight is 327 g/mol. The fraction of sp³-hybridized carbons (Fsp3) is 0. The summed E-state index contributed by atoms with van der Waals surface area (Å²) >= 11 is 0. The number of benzene rings is 2. The molecule has 0 N–H and O–H groups in total. The van der Waals surface area contributed by atoms with Crippen molar-refractivity contribution in [3.63, 3.8) is 0 Å². The second-order valence-corrected chi connectivity index (χ2v) is 5.57. The summed E-state index contributed by atoms with van der Waals surface area (Å²) in [4.78, 5) is 30.0. The topological polar surface area (TPSA) is 60.2 Å². The second kappa shape index (κ2) is 6.17. The van der Waals surface area contributed by atoms with Crippen molar-refractivity contribution in [2.24, 2.45) is 0 Å². The molecule has 0 saturated heterocycles. The molecule has 0 fully saturated rings. The van der Waals surface area contributed by atoms with Crippen molar-refractivity contribution in [1.29, 1.82) is 0 Å². The summed E-state index contributed by atoms with van der Waals surface area (Å²) in [7, 11) is 0. The Labute approximate surface area is 143 Å². The van der Waals surface area contributed by atoms with Gasteiger partial charge in [-0.3, -0.25) is 14.6 Å². The molecule has 4 nitrogen and oxygen atoms in total. The fourth-order valence-electron chi connectivity index (χ4n) is 2.78. The molecule has 4 aromatic rings. The number of hydrogen-bond acceptors (Lipinski definition) is 4. The molecule has 2 aromatic carbocycles. The third kappa shape index (κ3) is 2.64. The van der Waals surface area contributed by atoms with Crippen LogP contribution in [0.4, 0.5) is 0 Å². The summed E-state index contributed by atoms with van der Waals surface area (Å²) in [6, 6.07) is 19.4. The quantitative estimate of drug-likeness (QED) is 0.532. The summed E-state index contributed by atoms with van der Waals surface area (Å²) in [5.41, 5.74) is 1.17. The maximum atomic E-state index is 13.0. The molecule has 0 amide bonds. The minimum atomic E-state index is -0.397. The Kier molecular flexibility index (Phi) is 3.71. The Morgan fingerprint density at radius 1 is 0.880 bits per heavy atom. The number of fused-ring (bicyclic) bond motifs is 1. The van der Waals surface area contributed by atoms with Gasteiger partial charge < -0.3 is 4.42 Å². The first-order valence-electron chi connectivity index (χ1n) is 7.81. The molecule has 0 atom stereocenters. The van der Waals surface area contributed by atoms with E-state index in [0.717, 1.165) is 0 Å². The summed E-state index contributed by atoms with van der Waals surface area (Å²) in [6.45, 7) is 0. The van der Waals surface area contributed by atoms with Crippen LogP contribution in [-0.2, 0) is 0 Å². The van der Waals surface area contributed by atoms with E-state index in [0.29, 0.717) is 22.1 Å². The van der Waals surface area contributed by atoms with Crippen molar-refractivity contribution in [2.45, 2.75) is 0 Å². The lowest BCUT2D eigenvalue weighted by Gasteiger charge is -2.09. The van der Waals surface area contributed by atoms with Gasteiger partial charge in [0.2, 0.25) is 11.2 Å². The van der Waals surface area contributed by atoms with E-state index in [2.05, 4.69) is 4.98 Å². The molecule has 25 heavy (non-hydrogen) atoms. The van der Waals surface area contributed by atoms with Crippen LogP contribution in [0.5, 0.6) is 0 Å². The van der Waals surface area contributed by atoms with Gasteiger partial charge in [0.05, 0.1) is 5.39 Å². The molecule has 0 aliphatic heterocycles. The number of rotatable bonds is 3. The van der Waals surface area contributed by atoms with Crippen molar-refractivity contribution in [3.05, 3.63) is 100 Å². The van der Waals surface area contributed by atoms with Gasteiger partial charge in [0.25, 0.3) is 0 Å². The Balaban J connectivity index is 2.06. The summed E-state index contributed by atoms with van der Waals surface area (Å²) < 4.78 is 5.96. The highest BCUT2D eigenvalue weighted by Crippen LogP contribution is 2.27. The lowest BCUT2D eigenvalue weighted by molar-refractivity contribution is 0.103. The Hall–Kier alpha value is -3.53. The number of carbonyl (C=O) groups excluding carboxylic acids is 1. The molecule has 0 spiro atoms. The third-order valence-electron chi connectivity index (χ3n) is 3.98. The first-order valence-corrected chi connectivity index (χ1v) is 7.81. The average Bonchev–Trinajstić information content (AvgIpc) is 2.69. The molecule has 0 saturated carbocycles. The van der Waals surface area contributed by atoms with Gasteiger partial charge in [-0.15, -0.1) is 0 Å². The highest BCUT2D eigenvalue weighted by Gasteiger charge is 2.23. The molecular weight excluding hydrogens is 314 g/mol. The molecule has 0 unspecified atom stereocenters. The van der Waals surface area contributed by atoms with E-state index >= 15 is 0 Å². The molecular formula is C21H13NO3. The van der Waals surface area contributed by atoms with Gasteiger partial charge in [-0.1, -0.05) is 42.5 Å². The van der Waals surface area contributed by atoms with Crippen LogP contribution in [0.15, 0.2) is 88.3 Å². The number of nitrogens with zero attached hydrogens (tertiary/aromatic N) is 1. The summed E-state index contributed by atoms with van der Waals surface area (Å²) in [6.07, 6.45) is 3.03. The first-order chi connectivity index (χ1) is 12.3. The Morgan fingerprint density at radius 3 is 2.40 bits per heavy atom. The van der Waals surface area contributed by atoms with Crippen molar-refractivity contribution < 1.29 is 9.21 Å². The van der Waals surface area contributed by atoms with E-state index < -0.39 is 5.78 Å². The van der Waals surface area contributed by atoms with Crippen LogP contribution in [0, 0.1) is 0 Å². The smallest absolute Gasteiger partial charge is 0.204 e. The van der Waals surface area contributed by atoms with Crippen LogP contribution in [0.25, 0.3) is 22.3 Å². The highest BCUT2D eigenvalue weighted by molar-refractivity contribution is 6.13. The molecule has 0 aliphatic carbocycles. The van der Waals surface area contributed by atoms with E-state index in [1.54, 1.807) is 42.6 Å². The molecule has 4 rings (SSSR count). The highest BCUT2D eigenvalue weighted by atomic mass is 16.3. The van der Waals surface area contributed by atoms with Crippen LogP contribution in [0.3, 0.4) is 0 Å². The molecule has 0 radical (unpaired) electrons. The summed E-state index contributed by atoms with van der Waals surface area (Å²) in [5, 5.41) is 0.384. The number of hydrogen-bond donors (Lipinski definition) is 0. The normalized spacial score (nSPS) is 10.7. The van der Waals surface area contributed by atoms with Gasteiger partial charge in [-0.2, -0.15) is 0 Å². The molecule has 0 aliphatic rings. The van der Waals surface area contributed by atoms with Gasteiger partial charge in [-0.05, 0) is 24.3 Å². The van der Waals surface area contributed by atoms with Crippen LogP contribution in [0.2, 0.25) is 0 Å². The molecule has 120 valence electrons. The lowest BCUT2D eigenvalue weighted by atomic mass is 9.98. The van der Waals surface area contributed by atoms with E-state index in [-0.39, 0.29) is 16.8 Å². The van der Waals surface area contributed by atoms with E-state index in [4.69, 9.17) is 4.42 Å². The van der Waals surface area contributed by atoms with Crippen LogP contribution < -0.4 is 5.43 Å². The zero-order chi connectivity index (χ0) is 17.2. The SMILES string of the molecule is O=C(c1cccnc1)c1c(-c2ccccc2)oc2ccccc2c1=O. The molecule has 4 heteroatoms. The van der Waals surface area contributed by atoms with Gasteiger partial charge in [0, 0.05) is 23.5 Å². The molecule has 2 aromatic heterocycles. The zero-order valence-corrected chi connectivity index (χ0v) is 13.2. The van der Waals surface area contributed by atoms with Crippen LogP contribution in [-0.4, -0.2) is 10.8 Å². The number of pyridine rings is 1. The van der Waals surface area contributed by atoms with Crippen molar-refractivity contribution >= 4 is 16.8 Å². The third-order valence-corrected chi connectivity index (χ3v) is 3.98. The predicted octanol–water partition coefficient (Wildman–Crippen LogP) is 4.09. The monoisotopic (exact) mass is 327 g/mol. The van der Waals surface area contributed by atoms with Gasteiger partial charge in [0.1, 0.15) is 16.9 Å². The van der Waals surface area contributed by atoms with Gasteiger partial charge >= 0.3 is 0 Å².